The van der Waals surface area contributed by atoms with E-state index >= 15 is 0 Å². The number of rotatable bonds is 6. The highest BCUT2D eigenvalue weighted by Crippen LogP contribution is 2.32. The van der Waals surface area contributed by atoms with E-state index in [2.05, 4.69) is 30.8 Å². The van der Waals surface area contributed by atoms with E-state index in [0.29, 0.717) is 19.0 Å². The van der Waals surface area contributed by atoms with E-state index in [-0.39, 0.29) is 17.9 Å². The molecule has 2 aromatic carbocycles. The van der Waals surface area contributed by atoms with Gasteiger partial charge in [-0.15, -0.1) is 5.10 Å². The molecule has 2 aromatic heterocycles. The van der Waals surface area contributed by atoms with Crippen LogP contribution in [-0.4, -0.2) is 53.8 Å². The molecule has 0 amide bonds. The Balaban J connectivity index is 1.52. The Labute approximate surface area is 190 Å². The third-order valence-corrected chi connectivity index (χ3v) is 5.84. The van der Waals surface area contributed by atoms with Crippen LogP contribution in [0.1, 0.15) is 42.4 Å². The van der Waals surface area contributed by atoms with Crippen LogP contribution in [0.15, 0.2) is 36.7 Å². The lowest BCUT2D eigenvalue weighted by molar-refractivity contribution is -0.140. The van der Waals surface area contributed by atoms with Crippen molar-refractivity contribution < 1.29 is 14.6 Å². The average Bonchev–Trinajstić information content (AvgIpc) is 3.50. The first-order valence-corrected chi connectivity index (χ1v) is 10.9. The number of nitrogens with zero attached hydrogens (tertiary/aromatic N) is 5. The van der Waals surface area contributed by atoms with Gasteiger partial charge in [-0.2, -0.15) is 0 Å². The van der Waals surface area contributed by atoms with E-state index < -0.39 is 5.79 Å². The van der Waals surface area contributed by atoms with Crippen LogP contribution in [0.5, 0.6) is 5.75 Å². The molecule has 0 saturated carbocycles. The molecule has 5 rings (SSSR count). The van der Waals surface area contributed by atoms with Gasteiger partial charge in [0, 0.05) is 5.69 Å². The third kappa shape index (κ3) is 4.27. The van der Waals surface area contributed by atoms with E-state index in [4.69, 9.17) is 9.47 Å². The Morgan fingerprint density at radius 3 is 2.76 bits per heavy atom. The normalized spacial score (nSPS) is 18.6. The molecule has 4 aromatic rings. The smallest absolute Gasteiger partial charge is 0.178 e. The van der Waals surface area contributed by atoms with Crippen molar-refractivity contribution in [2.24, 2.45) is 0 Å². The van der Waals surface area contributed by atoms with Crippen molar-refractivity contribution in [2.45, 2.75) is 52.2 Å². The highest BCUT2D eigenvalue weighted by atomic mass is 16.7. The van der Waals surface area contributed by atoms with Crippen molar-refractivity contribution in [3.63, 3.8) is 0 Å². The van der Waals surface area contributed by atoms with Crippen molar-refractivity contribution in [3.8, 4) is 5.75 Å². The summed E-state index contributed by atoms with van der Waals surface area (Å²) in [5.74, 6) is 0.296. The second kappa shape index (κ2) is 8.13. The van der Waals surface area contributed by atoms with Crippen molar-refractivity contribution in [1.29, 1.82) is 0 Å². The fourth-order valence-corrected chi connectivity index (χ4v) is 4.24. The zero-order valence-corrected chi connectivity index (χ0v) is 19.0. The SMILES string of the molecule is Cc1cc(C(Nc2ccc3[nH]cnc3c2)c2nnnn2CC2COC(C)(C)O2)cc(C)c1O. The van der Waals surface area contributed by atoms with Crippen molar-refractivity contribution in [3.05, 3.63) is 59.2 Å². The van der Waals surface area contributed by atoms with Gasteiger partial charge in [-0.25, -0.2) is 9.67 Å². The second-order valence-corrected chi connectivity index (χ2v) is 8.89. The number of phenolic OH excluding ortho intramolecular Hbond substituents is 1. The molecule has 0 radical (unpaired) electrons. The summed E-state index contributed by atoms with van der Waals surface area (Å²) in [5.41, 5.74) is 5.19. The minimum absolute atomic E-state index is 0.161. The number of benzene rings is 2. The molecule has 0 spiro atoms. The fourth-order valence-electron chi connectivity index (χ4n) is 4.24. The summed E-state index contributed by atoms with van der Waals surface area (Å²) in [7, 11) is 0. The number of anilines is 1. The minimum atomic E-state index is -0.624. The van der Waals surface area contributed by atoms with E-state index in [1.807, 2.05) is 58.0 Å². The highest BCUT2D eigenvalue weighted by Gasteiger charge is 2.34. The number of hydrogen-bond acceptors (Lipinski definition) is 8. The summed E-state index contributed by atoms with van der Waals surface area (Å²) in [6, 6.07) is 9.46. The maximum atomic E-state index is 10.3. The topological polar surface area (TPSA) is 123 Å². The maximum absolute atomic E-state index is 10.3. The van der Waals surface area contributed by atoms with Gasteiger partial charge in [-0.3, -0.25) is 0 Å². The van der Waals surface area contributed by atoms with E-state index in [1.54, 1.807) is 11.0 Å². The molecule has 10 nitrogen and oxygen atoms in total. The summed E-state index contributed by atoms with van der Waals surface area (Å²) >= 11 is 0. The lowest BCUT2D eigenvalue weighted by atomic mass is 9.99. The van der Waals surface area contributed by atoms with Crippen molar-refractivity contribution >= 4 is 16.7 Å². The van der Waals surface area contributed by atoms with Crippen molar-refractivity contribution in [2.75, 3.05) is 11.9 Å². The number of tetrazole rings is 1. The van der Waals surface area contributed by atoms with Gasteiger partial charge in [0.25, 0.3) is 0 Å². The molecular formula is C23H27N7O3. The Kier molecular flexibility index (Phi) is 5.26. The molecular weight excluding hydrogens is 422 g/mol. The van der Waals surface area contributed by atoms with Gasteiger partial charge >= 0.3 is 0 Å². The van der Waals surface area contributed by atoms with Crippen LogP contribution in [0.4, 0.5) is 5.69 Å². The highest BCUT2D eigenvalue weighted by molar-refractivity contribution is 5.78. The van der Waals surface area contributed by atoms with Gasteiger partial charge in [0.1, 0.15) is 17.9 Å². The number of aromatic amines is 1. The van der Waals surface area contributed by atoms with E-state index in [0.717, 1.165) is 33.4 Å². The first kappa shape index (κ1) is 21.4. The minimum Gasteiger partial charge on any atom is -0.507 e. The molecule has 0 aliphatic carbocycles. The van der Waals surface area contributed by atoms with Gasteiger partial charge in [0.15, 0.2) is 11.6 Å². The standard InChI is InChI=1S/C23H27N7O3/c1-13-7-15(8-14(2)21(13)31)20(26-16-5-6-18-19(9-16)25-12-24-18)22-27-28-29-30(22)10-17-11-32-23(3,4)33-17/h5-9,12,17,20,26,31H,10-11H2,1-4H3,(H,24,25). The van der Waals surface area contributed by atoms with Gasteiger partial charge < -0.3 is 24.9 Å². The Morgan fingerprint density at radius 2 is 2.03 bits per heavy atom. The van der Waals surface area contributed by atoms with Crippen LogP contribution < -0.4 is 5.32 Å². The molecule has 1 aliphatic heterocycles. The third-order valence-electron chi connectivity index (χ3n) is 5.84. The zero-order chi connectivity index (χ0) is 23.2. The number of ether oxygens (including phenoxy) is 2. The predicted octanol–water partition coefficient (Wildman–Crippen LogP) is 3.22. The van der Waals surface area contributed by atoms with Crippen LogP contribution in [0, 0.1) is 13.8 Å². The van der Waals surface area contributed by atoms with Crippen LogP contribution in [0.3, 0.4) is 0 Å². The number of aromatic hydroxyl groups is 1. The lowest BCUT2D eigenvalue weighted by Gasteiger charge is -2.22. The Morgan fingerprint density at radius 1 is 1.24 bits per heavy atom. The van der Waals surface area contributed by atoms with Crippen LogP contribution in [0.25, 0.3) is 11.0 Å². The number of imidazole rings is 1. The molecule has 0 bridgehead atoms. The molecule has 33 heavy (non-hydrogen) atoms. The van der Waals surface area contributed by atoms with Gasteiger partial charge in [-0.1, -0.05) is 0 Å². The first-order valence-electron chi connectivity index (χ1n) is 10.9. The summed E-state index contributed by atoms with van der Waals surface area (Å²) in [6.45, 7) is 8.48. The largest absolute Gasteiger partial charge is 0.507 e. The Hall–Kier alpha value is -3.50. The van der Waals surface area contributed by atoms with E-state index in [9.17, 15) is 5.11 Å². The second-order valence-electron chi connectivity index (χ2n) is 8.89. The maximum Gasteiger partial charge on any atom is 0.178 e. The number of phenols is 1. The molecule has 1 fully saturated rings. The van der Waals surface area contributed by atoms with Gasteiger partial charge in [0.05, 0.1) is 30.5 Å². The molecule has 1 saturated heterocycles. The molecule has 2 unspecified atom stereocenters. The number of aromatic nitrogens is 6. The summed E-state index contributed by atoms with van der Waals surface area (Å²) in [6.07, 6.45) is 1.51. The first-order chi connectivity index (χ1) is 15.8. The lowest BCUT2D eigenvalue weighted by Crippen LogP contribution is -2.27. The fraction of sp³-hybridized carbons (Fsp3) is 0.391. The van der Waals surface area contributed by atoms with Crippen molar-refractivity contribution in [1.82, 2.24) is 30.2 Å². The molecule has 172 valence electrons. The number of nitrogens with one attached hydrogen (secondary N) is 2. The zero-order valence-electron chi connectivity index (χ0n) is 19.0. The van der Waals surface area contributed by atoms with Gasteiger partial charge in [-0.05, 0) is 85.1 Å². The average molecular weight is 450 g/mol. The summed E-state index contributed by atoms with van der Waals surface area (Å²) in [4.78, 5) is 7.46. The molecule has 1 aliphatic rings. The Bertz CT molecular complexity index is 1270. The molecule has 3 N–H and O–H groups in total. The molecule has 3 heterocycles. The van der Waals surface area contributed by atoms with Crippen LogP contribution >= 0.6 is 0 Å². The number of H-pyrrole nitrogens is 1. The van der Waals surface area contributed by atoms with Gasteiger partial charge in [0.2, 0.25) is 0 Å². The quantitative estimate of drug-likeness (QED) is 0.410. The van der Waals surface area contributed by atoms with E-state index in [1.165, 1.54) is 0 Å². The summed E-state index contributed by atoms with van der Waals surface area (Å²) < 4.78 is 13.4. The number of fused-ring (bicyclic) bond motifs is 1. The molecule has 10 heteroatoms. The van der Waals surface area contributed by atoms with Crippen LogP contribution in [0.2, 0.25) is 0 Å². The number of hydrogen-bond donors (Lipinski definition) is 3. The summed E-state index contributed by atoms with van der Waals surface area (Å²) in [5, 5.41) is 26.4. The predicted molar refractivity (Wildman–Crippen MR) is 122 cm³/mol. The van der Waals surface area contributed by atoms with Crippen LogP contribution in [-0.2, 0) is 16.0 Å². The molecule has 2 atom stereocenters. The number of aryl methyl sites for hydroxylation is 2. The monoisotopic (exact) mass is 449 g/mol.